The summed E-state index contributed by atoms with van der Waals surface area (Å²) in [5.41, 5.74) is 4.83. The number of nitrogens with zero attached hydrogens (tertiary/aromatic N) is 1. The Morgan fingerprint density at radius 2 is 2.40 bits per heavy atom. The molecule has 0 aromatic carbocycles. The first-order chi connectivity index (χ1) is 4.79. The van der Waals surface area contributed by atoms with E-state index < -0.39 is 6.03 Å². The van der Waals surface area contributed by atoms with Crippen LogP contribution in [0.4, 0.5) is 10.6 Å². The van der Waals surface area contributed by atoms with E-state index >= 15 is 0 Å². The minimum atomic E-state index is -0.598. The molecule has 52 valence electrons. The molecule has 0 saturated carbocycles. The van der Waals surface area contributed by atoms with Crippen molar-refractivity contribution in [1.82, 2.24) is 4.98 Å². The van der Waals surface area contributed by atoms with Gasteiger partial charge in [0.05, 0.1) is 0 Å². The number of hydrogen-bond acceptors (Lipinski definition) is 2. The van der Waals surface area contributed by atoms with E-state index in [1.54, 1.807) is 24.4 Å². The third kappa shape index (κ3) is 1.74. The molecule has 0 unspecified atom stereocenters. The molecule has 1 heterocycles. The lowest BCUT2D eigenvalue weighted by molar-refractivity contribution is 0.259. The molecule has 0 aliphatic rings. The van der Waals surface area contributed by atoms with Gasteiger partial charge in [-0.1, -0.05) is 6.07 Å². The zero-order valence-electron chi connectivity index (χ0n) is 5.24. The number of hydrogen-bond donors (Lipinski definition) is 2. The van der Waals surface area contributed by atoms with E-state index in [4.69, 9.17) is 5.73 Å². The number of carbonyl (C=O) groups is 1. The topological polar surface area (TPSA) is 68.0 Å². The normalized spacial score (nSPS) is 8.80. The van der Waals surface area contributed by atoms with Crippen LogP contribution in [0.3, 0.4) is 0 Å². The van der Waals surface area contributed by atoms with Crippen LogP contribution < -0.4 is 11.1 Å². The third-order valence-electron chi connectivity index (χ3n) is 0.916. The van der Waals surface area contributed by atoms with Gasteiger partial charge >= 0.3 is 6.03 Å². The monoisotopic (exact) mass is 137 g/mol. The third-order valence-corrected chi connectivity index (χ3v) is 0.916. The molecule has 0 bridgehead atoms. The van der Waals surface area contributed by atoms with Crippen molar-refractivity contribution in [2.24, 2.45) is 5.73 Å². The highest BCUT2D eigenvalue weighted by Crippen LogP contribution is 1.97. The van der Waals surface area contributed by atoms with E-state index in [1.165, 1.54) is 0 Å². The summed E-state index contributed by atoms with van der Waals surface area (Å²) in [7, 11) is 0. The second-order valence-electron chi connectivity index (χ2n) is 1.70. The second-order valence-corrected chi connectivity index (χ2v) is 1.70. The maximum atomic E-state index is 10.2. The quantitative estimate of drug-likeness (QED) is 0.594. The summed E-state index contributed by atoms with van der Waals surface area (Å²) in [5, 5.41) is 2.33. The van der Waals surface area contributed by atoms with Crippen LogP contribution in [0.25, 0.3) is 0 Å². The Labute approximate surface area is 58.1 Å². The molecule has 1 aromatic heterocycles. The van der Waals surface area contributed by atoms with Gasteiger partial charge in [-0.3, -0.25) is 5.32 Å². The van der Waals surface area contributed by atoms with Gasteiger partial charge in [-0.25, -0.2) is 9.78 Å². The summed E-state index contributed by atoms with van der Waals surface area (Å²) >= 11 is 0. The van der Waals surface area contributed by atoms with Crippen molar-refractivity contribution < 1.29 is 4.79 Å². The van der Waals surface area contributed by atoms with Crippen LogP contribution in [-0.2, 0) is 0 Å². The van der Waals surface area contributed by atoms with Crippen LogP contribution in [0, 0.1) is 0 Å². The van der Waals surface area contributed by atoms with Crippen molar-refractivity contribution in [3.8, 4) is 0 Å². The lowest BCUT2D eigenvalue weighted by Crippen LogP contribution is -2.19. The molecule has 0 spiro atoms. The fourth-order valence-electron chi connectivity index (χ4n) is 0.563. The number of carbonyl (C=O) groups excluding carboxylic acids is 1. The van der Waals surface area contributed by atoms with Crippen molar-refractivity contribution >= 4 is 11.8 Å². The Balaban J connectivity index is 2.67. The number of nitrogens with two attached hydrogens (primary N) is 1. The summed E-state index contributed by atoms with van der Waals surface area (Å²) in [5.74, 6) is 0.468. The molecular weight excluding hydrogens is 130 g/mol. The van der Waals surface area contributed by atoms with E-state index in [0.29, 0.717) is 5.82 Å². The van der Waals surface area contributed by atoms with E-state index in [-0.39, 0.29) is 0 Å². The van der Waals surface area contributed by atoms with E-state index in [1.807, 2.05) is 0 Å². The molecule has 10 heavy (non-hydrogen) atoms. The maximum absolute atomic E-state index is 10.2. The molecule has 0 fully saturated rings. The smallest absolute Gasteiger partial charge is 0.317 e. The molecule has 0 aliphatic carbocycles. The fourth-order valence-corrected chi connectivity index (χ4v) is 0.563. The Bertz CT molecular complexity index is 222. The number of anilines is 1. The van der Waals surface area contributed by atoms with Crippen molar-refractivity contribution in [2.45, 2.75) is 0 Å². The molecule has 0 atom stereocenters. The molecule has 0 saturated heterocycles. The average molecular weight is 137 g/mol. The molecule has 0 radical (unpaired) electrons. The number of amides is 2. The van der Waals surface area contributed by atoms with E-state index in [9.17, 15) is 4.79 Å². The second kappa shape index (κ2) is 2.82. The van der Waals surface area contributed by atoms with Crippen LogP contribution in [0.2, 0.25) is 0 Å². The Morgan fingerprint density at radius 1 is 1.60 bits per heavy atom. The predicted octanol–water partition coefficient (Wildman–Crippen LogP) is 0.572. The summed E-state index contributed by atoms with van der Waals surface area (Å²) < 4.78 is 0. The van der Waals surface area contributed by atoms with E-state index in [0.717, 1.165) is 0 Å². The van der Waals surface area contributed by atoms with Crippen LogP contribution >= 0.6 is 0 Å². The lowest BCUT2D eigenvalue weighted by Gasteiger charge is -1.96. The first kappa shape index (κ1) is 6.54. The zero-order chi connectivity index (χ0) is 7.40. The van der Waals surface area contributed by atoms with Gasteiger partial charge in [0.15, 0.2) is 0 Å². The minimum absolute atomic E-state index is 0.468. The van der Waals surface area contributed by atoms with Crippen molar-refractivity contribution in [2.75, 3.05) is 5.32 Å². The number of aromatic nitrogens is 1. The number of nitrogens with one attached hydrogen (secondary N) is 1. The van der Waals surface area contributed by atoms with Gasteiger partial charge in [0.2, 0.25) is 0 Å². The van der Waals surface area contributed by atoms with Crippen LogP contribution in [0.1, 0.15) is 0 Å². The highest BCUT2D eigenvalue weighted by Gasteiger charge is 1.92. The number of pyridine rings is 1. The molecule has 4 heteroatoms. The van der Waals surface area contributed by atoms with Crippen molar-refractivity contribution in [1.29, 1.82) is 0 Å². The first-order valence-electron chi connectivity index (χ1n) is 2.76. The molecule has 1 aromatic rings. The number of primary amides is 1. The molecule has 3 N–H and O–H groups in total. The maximum Gasteiger partial charge on any atom is 0.317 e. The lowest BCUT2D eigenvalue weighted by atomic mass is 10.5. The zero-order valence-corrected chi connectivity index (χ0v) is 5.24. The molecular formula is C6H7N3O. The minimum Gasteiger partial charge on any atom is -0.351 e. The summed E-state index contributed by atoms with van der Waals surface area (Å²) in [6, 6.07) is 4.58. The van der Waals surface area contributed by atoms with Gasteiger partial charge < -0.3 is 5.73 Å². The Morgan fingerprint density at radius 3 is 2.90 bits per heavy atom. The number of urea groups is 1. The molecule has 1 rings (SSSR count). The van der Waals surface area contributed by atoms with Gasteiger partial charge in [-0.05, 0) is 12.1 Å². The first-order valence-corrected chi connectivity index (χ1v) is 2.76. The van der Waals surface area contributed by atoms with Gasteiger partial charge in [0.1, 0.15) is 5.82 Å². The summed E-state index contributed by atoms with van der Waals surface area (Å²) in [6.45, 7) is 0. The Kier molecular flexibility index (Phi) is 1.84. The number of rotatable bonds is 1. The average Bonchev–Trinajstić information content (AvgIpc) is 1.88. The largest absolute Gasteiger partial charge is 0.351 e. The predicted molar refractivity (Wildman–Crippen MR) is 37.4 cm³/mol. The summed E-state index contributed by atoms with van der Waals surface area (Å²) in [4.78, 5) is 14.0. The highest BCUT2D eigenvalue weighted by atomic mass is 16.2. The molecule has 4 nitrogen and oxygen atoms in total. The Hall–Kier alpha value is -1.58. The fraction of sp³-hybridized carbons (Fsp3) is 0. The van der Waals surface area contributed by atoms with Crippen LogP contribution in [-0.4, -0.2) is 11.0 Å². The highest BCUT2D eigenvalue weighted by molar-refractivity contribution is 5.86. The molecule has 0 aliphatic heterocycles. The van der Waals surface area contributed by atoms with Gasteiger partial charge in [0.25, 0.3) is 0 Å². The van der Waals surface area contributed by atoms with Crippen molar-refractivity contribution in [3.63, 3.8) is 0 Å². The SMILES string of the molecule is NC(=O)Nc1ccccn1. The van der Waals surface area contributed by atoms with Gasteiger partial charge in [-0.15, -0.1) is 0 Å². The standard InChI is InChI=1S/C6H7N3O/c7-6(10)9-5-3-1-2-4-8-5/h1-4H,(H3,7,8,9,10). The van der Waals surface area contributed by atoms with Gasteiger partial charge in [0, 0.05) is 6.20 Å². The molecule has 2 amide bonds. The van der Waals surface area contributed by atoms with Crippen LogP contribution in [0.5, 0.6) is 0 Å². The van der Waals surface area contributed by atoms with Gasteiger partial charge in [-0.2, -0.15) is 0 Å². The summed E-state index contributed by atoms with van der Waals surface area (Å²) in [6.07, 6.45) is 1.57. The van der Waals surface area contributed by atoms with Crippen LogP contribution in [0.15, 0.2) is 24.4 Å². The van der Waals surface area contributed by atoms with Crippen molar-refractivity contribution in [3.05, 3.63) is 24.4 Å². The van der Waals surface area contributed by atoms with E-state index in [2.05, 4.69) is 10.3 Å².